The Kier molecular flexibility index (Phi) is 5.87. The van der Waals surface area contributed by atoms with Crippen molar-refractivity contribution in [2.45, 2.75) is 30.5 Å². The Balaban J connectivity index is 1.61. The maximum atomic E-state index is 14.5. The van der Waals surface area contributed by atoms with Gasteiger partial charge in [0.05, 0.1) is 30.9 Å². The normalized spacial score (nSPS) is 26.2. The molecule has 8 nitrogen and oxygen atoms in total. The first kappa shape index (κ1) is 22.2. The summed E-state index contributed by atoms with van der Waals surface area (Å²) in [6.07, 6.45) is -5.48. The van der Waals surface area contributed by atoms with Crippen LogP contribution >= 0.6 is 0 Å². The summed E-state index contributed by atoms with van der Waals surface area (Å²) in [6.45, 7) is -0.564. The Morgan fingerprint density at radius 2 is 2.06 bits per heavy atom. The molecule has 1 aromatic heterocycles. The van der Waals surface area contributed by atoms with Gasteiger partial charge in [-0.15, -0.1) is 0 Å². The first-order valence-electron chi connectivity index (χ1n) is 9.98. The average molecular weight is 452 g/mol. The van der Waals surface area contributed by atoms with Gasteiger partial charge in [-0.25, -0.2) is 4.39 Å². The first-order chi connectivity index (χ1) is 15.2. The zero-order valence-corrected chi connectivity index (χ0v) is 16.8. The SMILES string of the molecule is N#Cc1ccc(N2CC(C(=O)NC[C@]3(F)CCNC3)OC(C(F)(F)F)C2)c2nccnc12. The molecule has 2 saturated heterocycles. The van der Waals surface area contributed by atoms with Crippen LogP contribution in [0, 0.1) is 11.3 Å². The number of nitrogens with one attached hydrogen (secondary N) is 2. The minimum atomic E-state index is -4.72. The maximum Gasteiger partial charge on any atom is 0.416 e. The molecular weight excluding hydrogens is 432 g/mol. The van der Waals surface area contributed by atoms with E-state index in [-0.39, 0.29) is 42.7 Å². The lowest BCUT2D eigenvalue weighted by Crippen LogP contribution is -2.58. The van der Waals surface area contributed by atoms with Crippen molar-refractivity contribution < 1.29 is 27.1 Å². The summed E-state index contributed by atoms with van der Waals surface area (Å²) in [5.41, 5.74) is -0.633. The van der Waals surface area contributed by atoms with Gasteiger partial charge in [-0.1, -0.05) is 0 Å². The van der Waals surface area contributed by atoms with E-state index in [1.165, 1.54) is 29.4 Å². The monoisotopic (exact) mass is 452 g/mol. The summed E-state index contributed by atoms with van der Waals surface area (Å²) in [7, 11) is 0. The fraction of sp³-hybridized carbons (Fsp3) is 0.500. The second-order valence-corrected chi connectivity index (χ2v) is 7.85. The molecule has 170 valence electrons. The van der Waals surface area contributed by atoms with E-state index in [4.69, 9.17) is 4.74 Å². The van der Waals surface area contributed by atoms with Gasteiger partial charge in [0.15, 0.2) is 12.2 Å². The summed E-state index contributed by atoms with van der Waals surface area (Å²) in [4.78, 5) is 22.3. The molecule has 1 amide bonds. The van der Waals surface area contributed by atoms with Gasteiger partial charge < -0.3 is 20.3 Å². The molecule has 1 aromatic carbocycles. The van der Waals surface area contributed by atoms with Gasteiger partial charge in [-0.2, -0.15) is 18.4 Å². The molecule has 2 aliphatic rings. The van der Waals surface area contributed by atoms with E-state index in [2.05, 4.69) is 20.6 Å². The van der Waals surface area contributed by atoms with Crippen LogP contribution in [0.5, 0.6) is 0 Å². The zero-order valence-electron chi connectivity index (χ0n) is 16.8. The highest BCUT2D eigenvalue weighted by atomic mass is 19.4. The third-order valence-electron chi connectivity index (χ3n) is 5.59. The molecule has 0 radical (unpaired) electrons. The fourth-order valence-corrected chi connectivity index (χ4v) is 3.89. The van der Waals surface area contributed by atoms with Gasteiger partial charge in [-0.3, -0.25) is 14.8 Å². The molecule has 3 atom stereocenters. The van der Waals surface area contributed by atoms with Gasteiger partial charge in [0, 0.05) is 18.9 Å². The molecule has 3 heterocycles. The molecule has 4 rings (SSSR count). The molecule has 12 heteroatoms. The van der Waals surface area contributed by atoms with Gasteiger partial charge in [-0.05, 0) is 25.1 Å². The second-order valence-electron chi connectivity index (χ2n) is 7.85. The van der Waals surface area contributed by atoms with E-state index < -0.39 is 36.5 Å². The van der Waals surface area contributed by atoms with Crippen LogP contribution < -0.4 is 15.5 Å². The highest BCUT2D eigenvalue weighted by Crippen LogP contribution is 2.33. The minimum absolute atomic E-state index is 0.0615. The van der Waals surface area contributed by atoms with Gasteiger partial charge in [0.2, 0.25) is 0 Å². The number of ether oxygens (including phenoxy) is 1. The number of anilines is 1. The molecule has 32 heavy (non-hydrogen) atoms. The van der Waals surface area contributed by atoms with E-state index in [0.717, 1.165) is 0 Å². The highest BCUT2D eigenvalue weighted by molar-refractivity contribution is 5.92. The van der Waals surface area contributed by atoms with Crippen LogP contribution in [0.2, 0.25) is 0 Å². The van der Waals surface area contributed by atoms with Crippen LogP contribution in [0.3, 0.4) is 0 Å². The van der Waals surface area contributed by atoms with E-state index in [9.17, 15) is 27.6 Å². The Bertz CT molecular complexity index is 1050. The number of hydrogen-bond acceptors (Lipinski definition) is 7. The van der Waals surface area contributed by atoms with E-state index in [1.54, 1.807) is 0 Å². The zero-order chi connectivity index (χ0) is 22.9. The molecular formula is C20H20F4N6O2. The highest BCUT2D eigenvalue weighted by Gasteiger charge is 2.48. The number of benzene rings is 1. The smallest absolute Gasteiger partial charge is 0.364 e. The van der Waals surface area contributed by atoms with Crippen molar-refractivity contribution in [2.75, 3.05) is 37.6 Å². The molecule has 2 aliphatic heterocycles. The standard InChI is InChI=1S/C20H20F4N6O2/c21-19(3-4-26-10-19)11-29-18(31)14-8-30(9-15(32-14)20(22,23)24)13-2-1-12(7-25)16-17(13)28-6-5-27-16/h1-2,5-6,14-15,26H,3-4,8-11H2,(H,29,31)/t14?,15?,19-/m0/s1. The van der Waals surface area contributed by atoms with Crippen molar-refractivity contribution in [3.05, 3.63) is 30.1 Å². The number of fused-ring (bicyclic) bond motifs is 1. The van der Waals surface area contributed by atoms with Crippen LogP contribution in [0.1, 0.15) is 12.0 Å². The van der Waals surface area contributed by atoms with Crippen molar-refractivity contribution in [3.63, 3.8) is 0 Å². The van der Waals surface area contributed by atoms with Crippen LogP contribution in [-0.4, -0.2) is 72.7 Å². The van der Waals surface area contributed by atoms with Crippen molar-refractivity contribution in [1.82, 2.24) is 20.6 Å². The molecule has 0 aliphatic carbocycles. The number of hydrogen-bond donors (Lipinski definition) is 2. The summed E-state index contributed by atoms with van der Waals surface area (Å²) < 4.78 is 60.3. The molecule has 2 aromatic rings. The summed E-state index contributed by atoms with van der Waals surface area (Å²) in [5, 5.41) is 14.5. The summed E-state index contributed by atoms with van der Waals surface area (Å²) in [6, 6.07) is 4.90. The lowest BCUT2D eigenvalue weighted by Gasteiger charge is -2.39. The quantitative estimate of drug-likeness (QED) is 0.677. The minimum Gasteiger partial charge on any atom is -0.364 e. The lowest BCUT2D eigenvalue weighted by molar-refractivity contribution is -0.234. The van der Waals surface area contributed by atoms with Crippen molar-refractivity contribution >= 4 is 22.6 Å². The molecule has 2 N–H and O–H groups in total. The Labute approximate surface area is 180 Å². The number of nitrogens with zero attached hydrogens (tertiary/aromatic N) is 4. The number of halogens is 4. The van der Waals surface area contributed by atoms with Crippen LogP contribution in [0.15, 0.2) is 24.5 Å². The number of alkyl halides is 4. The average Bonchev–Trinajstić information content (AvgIpc) is 3.22. The van der Waals surface area contributed by atoms with Gasteiger partial charge >= 0.3 is 6.18 Å². The molecule has 0 bridgehead atoms. The van der Waals surface area contributed by atoms with E-state index in [1.807, 2.05) is 6.07 Å². The third kappa shape index (κ3) is 4.44. The first-order valence-corrected chi connectivity index (χ1v) is 9.98. The lowest BCUT2D eigenvalue weighted by atomic mass is 10.1. The summed E-state index contributed by atoms with van der Waals surface area (Å²) >= 11 is 0. The Hall–Kier alpha value is -3.04. The molecule has 0 saturated carbocycles. The third-order valence-corrected chi connectivity index (χ3v) is 5.59. The van der Waals surface area contributed by atoms with Gasteiger partial charge in [0.25, 0.3) is 5.91 Å². The largest absolute Gasteiger partial charge is 0.416 e. The van der Waals surface area contributed by atoms with Crippen LogP contribution in [0.4, 0.5) is 23.2 Å². The van der Waals surface area contributed by atoms with E-state index >= 15 is 0 Å². The van der Waals surface area contributed by atoms with Crippen LogP contribution in [-0.2, 0) is 9.53 Å². The number of aromatic nitrogens is 2. The van der Waals surface area contributed by atoms with Crippen molar-refractivity contribution in [3.8, 4) is 6.07 Å². The Morgan fingerprint density at radius 3 is 2.72 bits per heavy atom. The second kappa shape index (κ2) is 8.48. The van der Waals surface area contributed by atoms with Crippen molar-refractivity contribution in [2.24, 2.45) is 0 Å². The molecule has 0 spiro atoms. The predicted octanol–water partition coefficient (Wildman–Crippen LogP) is 1.46. The van der Waals surface area contributed by atoms with Crippen LogP contribution in [0.25, 0.3) is 11.0 Å². The maximum absolute atomic E-state index is 14.5. The topological polar surface area (TPSA) is 103 Å². The Morgan fingerprint density at radius 1 is 1.31 bits per heavy atom. The number of carbonyl (C=O) groups excluding carboxylic acids is 1. The molecule has 2 fully saturated rings. The predicted molar refractivity (Wildman–Crippen MR) is 106 cm³/mol. The fourth-order valence-electron chi connectivity index (χ4n) is 3.89. The summed E-state index contributed by atoms with van der Waals surface area (Å²) in [5.74, 6) is -0.822. The molecule has 2 unspecified atom stereocenters. The van der Waals surface area contributed by atoms with Gasteiger partial charge in [0.1, 0.15) is 22.8 Å². The number of amides is 1. The number of morpholine rings is 1. The van der Waals surface area contributed by atoms with E-state index in [0.29, 0.717) is 12.2 Å². The number of nitriles is 1. The number of rotatable bonds is 4. The van der Waals surface area contributed by atoms with Crippen molar-refractivity contribution in [1.29, 1.82) is 5.26 Å². The number of carbonyl (C=O) groups is 1.